The maximum Gasteiger partial charge on any atom is 0.233 e. The normalized spacial score (nSPS) is 10.9. The second-order valence-corrected chi connectivity index (χ2v) is 7.40. The van der Waals surface area contributed by atoms with Crippen LogP contribution in [-0.4, -0.2) is 28.6 Å². The van der Waals surface area contributed by atoms with Gasteiger partial charge in [-0.25, -0.2) is 4.98 Å². The number of carbonyl (C=O) groups is 1. The SMILES string of the molecule is Cc1ccsc1CN(C)C(=O)CSc1ccc2ccccc2n1. The van der Waals surface area contributed by atoms with Crippen LogP contribution >= 0.6 is 23.1 Å². The van der Waals surface area contributed by atoms with Crippen molar-refractivity contribution in [3.8, 4) is 0 Å². The van der Waals surface area contributed by atoms with E-state index in [1.54, 1.807) is 16.2 Å². The van der Waals surface area contributed by atoms with Gasteiger partial charge in [-0.1, -0.05) is 36.0 Å². The zero-order valence-electron chi connectivity index (χ0n) is 13.2. The molecule has 0 bridgehead atoms. The average Bonchev–Trinajstić information content (AvgIpc) is 2.97. The molecule has 1 aromatic carbocycles. The molecular weight excluding hydrogens is 324 g/mol. The van der Waals surface area contributed by atoms with Gasteiger partial charge in [0.1, 0.15) is 0 Å². The Bertz CT molecular complexity index is 829. The minimum atomic E-state index is 0.123. The number of hydrogen-bond donors (Lipinski definition) is 0. The van der Waals surface area contributed by atoms with E-state index in [-0.39, 0.29) is 5.91 Å². The van der Waals surface area contributed by atoms with Crippen molar-refractivity contribution in [3.63, 3.8) is 0 Å². The molecule has 0 unspecified atom stereocenters. The van der Waals surface area contributed by atoms with Crippen molar-refractivity contribution in [2.45, 2.75) is 18.5 Å². The first-order valence-electron chi connectivity index (χ1n) is 7.39. The lowest BCUT2D eigenvalue weighted by Crippen LogP contribution is -2.27. The molecule has 0 spiro atoms. The van der Waals surface area contributed by atoms with E-state index in [1.165, 1.54) is 22.2 Å². The highest BCUT2D eigenvalue weighted by Gasteiger charge is 2.12. The van der Waals surface area contributed by atoms with E-state index < -0.39 is 0 Å². The maximum absolute atomic E-state index is 12.3. The fourth-order valence-corrected chi connectivity index (χ4v) is 4.02. The number of aryl methyl sites for hydroxylation is 1. The van der Waals surface area contributed by atoms with Gasteiger partial charge in [0.05, 0.1) is 22.8 Å². The van der Waals surface area contributed by atoms with Gasteiger partial charge in [-0.05, 0) is 36.1 Å². The molecule has 0 N–H and O–H groups in total. The zero-order chi connectivity index (χ0) is 16.2. The van der Waals surface area contributed by atoms with Crippen molar-refractivity contribution in [1.29, 1.82) is 0 Å². The Hall–Kier alpha value is -1.85. The average molecular weight is 342 g/mol. The summed E-state index contributed by atoms with van der Waals surface area (Å²) in [7, 11) is 1.86. The Morgan fingerprint density at radius 2 is 2.04 bits per heavy atom. The highest BCUT2D eigenvalue weighted by molar-refractivity contribution is 7.99. The van der Waals surface area contributed by atoms with Crippen LogP contribution in [0.1, 0.15) is 10.4 Å². The van der Waals surface area contributed by atoms with Gasteiger partial charge in [-0.3, -0.25) is 4.79 Å². The lowest BCUT2D eigenvalue weighted by atomic mass is 10.2. The van der Waals surface area contributed by atoms with Crippen LogP contribution in [-0.2, 0) is 11.3 Å². The molecule has 0 atom stereocenters. The lowest BCUT2D eigenvalue weighted by molar-refractivity contribution is -0.127. The Balaban J connectivity index is 1.60. The number of fused-ring (bicyclic) bond motifs is 1. The first kappa shape index (κ1) is 16.0. The molecule has 3 rings (SSSR count). The van der Waals surface area contributed by atoms with Gasteiger partial charge in [-0.15, -0.1) is 11.3 Å². The van der Waals surface area contributed by atoms with Gasteiger partial charge in [-0.2, -0.15) is 0 Å². The Morgan fingerprint density at radius 1 is 1.22 bits per heavy atom. The molecule has 0 aliphatic rings. The van der Waals surface area contributed by atoms with E-state index in [1.807, 2.05) is 43.4 Å². The lowest BCUT2D eigenvalue weighted by Gasteiger charge is -2.16. The molecule has 0 aliphatic heterocycles. The number of amides is 1. The molecule has 3 aromatic rings. The van der Waals surface area contributed by atoms with E-state index in [4.69, 9.17) is 0 Å². The number of thioether (sulfide) groups is 1. The van der Waals surface area contributed by atoms with E-state index in [0.717, 1.165) is 15.9 Å². The fourth-order valence-electron chi connectivity index (χ4n) is 2.24. The molecule has 5 heteroatoms. The van der Waals surface area contributed by atoms with Crippen LogP contribution in [0.25, 0.3) is 10.9 Å². The van der Waals surface area contributed by atoms with Gasteiger partial charge in [0.25, 0.3) is 0 Å². The first-order valence-corrected chi connectivity index (χ1v) is 9.25. The number of benzene rings is 1. The van der Waals surface area contributed by atoms with Gasteiger partial charge < -0.3 is 4.90 Å². The van der Waals surface area contributed by atoms with Gasteiger partial charge in [0.2, 0.25) is 5.91 Å². The number of aromatic nitrogens is 1. The van der Waals surface area contributed by atoms with Gasteiger partial charge in [0, 0.05) is 17.3 Å². The second kappa shape index (κ2) is 7.15. The molecule has 23 heavy (non-hydrogen) atoms. The summed E-state index contributed by atoms with van der Waals surface area (Å²) in [4.78, 5) is 19.9. The highest BCUT2D eigenvalue weighted by Crippen LogP contribution is 2.21. The number of nitrogens with zero attached hydrogens (tertiary/aromatic N) is 2. The van der Waals surface area contributed by atoms with E-state index in [2.05, 4.69) is 23.4 Å². The molecule has 2 aromatic heterocycles. The number of rotatable bonds is 5. The van der Waals surface area contributed by atoms with Crippen LogP contribution in [0.5, 0.6) is 0 Å². The predicted octanol–water partition coefficient (Wildman–Crippen LogP) is 4.36. The summed E-state index contributed by atoms with van der Waals surface area (Å²) in [6.07, 6.45) is 0. The topological polar surface area (TPSA) is 33.2 Å². The van der Waals surface area contributed by atoms with Crippen molar-refractivity contribution in [2.75, 3.05) is 12.8 Å². The van der Waals surface area contributed by atoms with Gasteiger partial charge in [0.15, 0.2) is 0 Å². The van der Waals surface area contributed by atoms with E-state index >= 15 is 0 Å². The highest BCUT2D eigenvalue weighted by atomic mass is 32.2. The smallest absolute Gasteiger partial charge is 0.233 e. The minimum absolute atomic E-state index is 0.123. The molecule has 0 radical (unpaired) electrons. The Labute approximate surface area is 144 Å². The van der Waals surface area contributed by atoms with Crippen LogP contribution < -0.4 is 0 Å². The van der Waals surface area contributed by atoms with Crippen LogP contribution in [0.2, 0.25) is 0 Å². The predicted molar refractivity (Wildman–Crippen MR) is 98.0 cm³/mol. The largest absolute Gasteiger partial charge is 0.340 e. The third-order valence-corrected chi connectivity index (χ3v) is 5.61. The molecular formula is C18H18N2OS2. The number of para-hydroxylation sites is 1. The van der Waals surface area contributed by atoms with Crippen molar-refractivity contribution in [2.24, 2.45) is 0 Å². The summed E-state index contributed by atoms with van der Waals surface area (Å²) in [5.41, 5.74) is 2.21. The Morgan fingerprint density at radius 3 is 2.83 bits per heavy atom. The second-order valence-electron chi connectivity index (χ2n) is 5.41. The third kappa shape index (κ3) is 3.92. The van der Waals surface area contributed by atoms with Gasteiger partial charge >= 0.3 is 0 Å². The number of hydrogen-bond acceptors (Lipinski definition) is 4. The monoisotopic (exact) mass is 342 g/mol. The molecule has 0 saturated heterocycles. The van der Waals surface area contributed by atoms with Crippen molar-refractivity contribution < 1.29 is 4.79 Å². The summed E-state index contributed by atoms with van der Waals surface area (Å²) in [5.74, 6) is 0.532. The molecule has 0 saturated carbocycles. The zero-order valence-corrected chi connectivity index (χ0v) is 14.8. The number of thiophene rings is 1. The van der Waals surface area contributed by atoms with E-state index in [0.29, 0.717) is 12.3 Å². The fraction of sp³-hybridized carbons (Fsp3) is 0.222. The van der Waals surface area contributed by atoms with Crippen molar-refractivity contribution in [1.82, 2.24) is 9.88 Å². The molecule has 0 aliphatic carbocycles. The standard InChI is InChI=1S/C18H18N2OS2/c1-13-9-10-22-16(13)11-20(2)18(21)12-23-17-8-7-14-5-3-4-6-15(14)19-17/h3-10H,11-12H2,1-2H3. The van der Waals surface area contributed by atoms with Crippen LogP contribution in [0.4, 0.5) is 0 Å². The van der Waals surface area contributed by atoms with E-state index in [9.17, 15) is 4.79 Å². The molecule has 2 heterocycles. The van der Waals surface area contributed by atoms with Crippen LogP contribution in [0.3, 0.4) is 0 Å². The van der Waals surface area contributed by atoms with Crippen molar-refractivity contribution >= 4 is 39.9 Å². The first-order chi connectivity index (χ1) is 11.1. The Kier molecular flexibility index (Phi) is 4.98. The maximum atomic E-state index is 12.3. The third-order valence-electron chi connectivity index (χ3n) is 3.69. The number of carbonyl (C=O) groups excluding carboxylic acids is 1. The summed E-state index contributed by atoms with van der Waals surface area (Å²) < 4.78 is 0. The molecule has 118 valence electrons. The summed E-state index contributed by atoms with van der Waals surface area (Å²) in [6.45, 7) is 2.76. The summed E-state index contributed by atoms with van der Waals surface area (Å²) in [5, 5.41) is 4.07. The van der Waals surface area contributed by atoms with Crippen molar-refractivity contribution in [3.05, 3.63) is 58.3 Å². The van der Waals surface area contributed by atoms with Crippen LogP contribution in [0, 0.1) is 6.92 Å². The number of pyridine rings is 1. The molecule has 3 nitrogen and oxygen atoms in total. The molecule has 0 fully saturated rings. The molecule has 1 amide bonds. The van der Waals surface area contributed by atoms with Crippen LogP contribution in [0.15, 0.2) is 52.9 Å². The quantitative estimate of drug-likeness (QED) is 0.646. The minimum Gasteiger partial charge on any atom is -0.340 e. The summed E-state index contributed by atoms with van der Waals surface area (Å²) in [6, 6.07) is 14.1. The summed E-state index contributed by atoms with van der Waals surface area (Å²) >= 11 is 3.19.